The summed E-state index contributed by atoms with van der Waals surface area (Å²) in [4.78, 5) is 4.65. The highest BCUT2D eigenvalue weighted by atomic mass is 15.0. The third-order valence-electron chi connectivity index (χ3n) is 3.67. The van der Waals surface area contributed by atoms with Gasteiger partial charge in [-0.2, -0.15) is 0 Å². The molecule has 2 aromatic carbocycles. The fourth-order valence-corrected chi connectivity index (χ4v) is 2.79. The largest absolute Gasteiger partial charge is 0.385 e. The van der Waals surface area contributed by atoms with Crippen molar-refractivity contribution in [3.63, 3.8) is 0 Å². The van der Waals surface area contributed by atoms with Gasteiger partial charge in [0.15, 0.2) is 5.54 Å². The number of nitrogens with two attached hydrogens (primary N) is 2. The van der Waals surface area contributed by atoms with Crippen LogP contribution in [0.1, 0.15) is 5.56 Å². The minimum atomic E-state index is -1.21. The van der Waals surface area contributed by atoms with Crippen LogP contribution in [0.15, 0.2) is 59.6 Å². The first kappa shape index (κ1) is 13.1. The maximum atomic E-state index is 8.09. The van der Waals surface area contributed by atoms with Crippen molar-refractivity contribution >= 4 is 17.2 Å². The van der Waals surface area contributed by atoms with E-state index in [1.165, 1.54) is 0 Å². The molecule has 0 aliphatic carbocycles. The Hall–Kier alpha value is -2.95. The SMILES string of the molecule is N=C(N)C1=c2ccccc2=NC1(C(=N)N)c1ccccc1. The Balaban J connectivity index is 2.47. The molecular formula is C16H15N5. The molecule has 21 heavy (non-hydrogen) atoms. The van der Waals surface area contributed by atoms with E-state index in [9.17, 15) is 0 Å². The van der Waals surface area contributed by atoms with Crippen LogP contribution in [0.2, 0.25) is 0 Å². The molecule has 1 aliphatic heterocycles. The Morgan fingerprint density at radius 3 is 2.14 bits per heavy atom. The second kappa shape index (κ2) is 4.56. The molecule has 1 unspecified atom stereocenters. The molecule has 0 saturated carbocycles. The van der Waals surface area contributed by atoms with Crippen molar-refractivity contribution in [2.75, 3.05) is 0 Å². The van der Waals surface area contributed by atoms with Gasteiger partial charge >= 0.3 is 0 Å². The maximum Gasteiger partial charge on any atom is 0.172 e. The van der Waals surface area contributed by atoms with E-state index in [4.69, 9.17) is 22.3 Å². The minimum absolute atomic E-state index is 0.122. The zero-order chi connectivity index (χ0) is 15.0. The molecule has 0 aromatic heterocycles. The summed E-state index contributed by atoms with van der Waals surface area (Å²) in [5, 5.41) is 17.5. The summed E-state index contributed by atoms with van der Waals surface area (Å²) in [5.41, 5.74) is 11.7. The molecule has 3 rings (SSSR count). The number of hydrogen-bond acceptors (Lipinski definition) is 3. The first-order chi connectivity index (χ1) is 10.1. The van der Waals surface area contributed by atoms with E-state index in [1.54, 1.807) is 0 Å². The second-order valence-corrected chi connectivity index (χ2v) is 4.91. The predicted octanol–water partition coefficient (Wildman–Crippen LogP) is 0.238. The molecule has 0 radical (unpaired) electrons. The van der Waals surface area contributed by atoms with Crippen LogP contribution in [0.3, 0.4) is 0 Å². The number of nitrogens with one attached hydrogen (secondary N) is 2. The Kier molecular flexibility index (Phi) is 2.83. The van der Waals surface area contributed by atoms with E-state index in [-0.39, 0.29) is 11.7 Å². The van der Waals surface area contributed by atoms with Crippen molar-refractivity contribution in [2.24, 2.45) is 16.5 Å². The van der Waals surface area contributed by atoms with Gasteiger partial charge in [0.25, 0.3) is 0 Å². The van der Waals surface area contributed by atoms with E-state index < -0.39 is 5.54 Å². The van der Waals surface area contributed by atoms with E-state index >= 15 is 0 Å². The van der Waals surface area contributed by atoms with Crippen LogP contribution < -0.4 is 22.0 Å². The van der Waals surface area contributed by atoms with Gasteiger partial charge in [0.2, 0.25) is 0 Å². The van der Waals surface area contributed by atoms with Crippen LogP contribution >= 0.6 is 0 Å². The van der Waals surface area contributed by atoms with Crippen LogP contribution in [-0.2, 0) is 5.54 Å². The van der Waals surface area contributed by atoms with Gasteiger partial charge in [0, 0.05) is 10.8 Å². The highest BCUT2D eigenvalue weighted by Gasteiger charge is 2.44. The maximum absolute atomic E-state index is 8.09. The Morgan fingerprint density at radius 2 is 1.52 bits per heavy atom. The van der Waals surface area contributed by atoms with Gasteiger partial charge in [-0.25, -0.2) is 0 Å². The molecule has 0 saturated heterocycles. The van der Waals surface area contributed by atoms with Crippen molar-refractivity contribution in [1.82, 2.24) is 0 Å². The van der Waals surface area contributed by atoms with Gasteiger partial charge in [-0.3, -0.25) is 15.8 Å². The van der Waals surface area contributed by atoms with Crippen LogP contribution in [0, 0.1) is 10.8 Å². The van der Waals surface area contributed by atoms with E-state index in [1.807, 2.05) is 54.6 Å². The summed E-state index contributed by atoms with van der Waals surface area (Å²) in [6.45, 7) is 0. The molecule has 5 heteroatoms. The molecule has 1 atom stereocenters. The molecule has 1 heterocycles. The molecule has 0 fully saturated rings. The van der Waals surface area contributed by atoms with E-state index in [0.29, 0.717) is 10.9 Å². The first-order valence-electron chi connectivity index (χ1n) is 6.51. The molecule has 0 bridgehead atoms. The standard InChI is InChI=1S/C16H15N5/c17-14(18)13-11-8-4-5-9-12(11)21-16(13,15(19)20)10-6-2-1-3-7-10/h1-9H,(H3,17,18)(H3,19,20). The topological polar surface area (TPSA) is 112 Å². The number of nitrogens with zero attached hydrogens (tertiary/aromatic N) is 1. The summed E-state index contributed by atoms with van der Waals surface area (Å²) in [6.07, 6.45) is 0. The van der Waals surface area contributed by atoms with Gasteiger partial charge in [-0.1, -0.05) is 48.5 Å². The zero-order valence-corrected chi connectivity index (χ0v) is 11.3. The van der Waals surface area contributed by atoms with Crippen LogP contribution in [0.4, 0.5) is 0 Å². The summed E-state index contributed by atoms with van der Waals surface area (Å²) in [7, 11) is 0. The van der Waals surface area contributed by atoms with Crippen molar-refractivity contribution in [1.29, 1.82) is 10.8 Å². The smallest absolute Gasteiger partial charge is 0.172 e. The highest BCUT2D eigenvalue weighted by molar-refractivity contribution is 6.24. The number of amidine groups is 2. The van der Waals surface area contributed by atoms with Crippen LogP contribution in [0.5, 0.6) is 0 Å². The predicted molar refractivity (Wildman–Crippen MR) is 82.6 cm³/mol. The number of fused-ring (bicyclic) bond motifs is 1. The lowest BCUT2D eigenvalue weighted by Crippen LogP contribution is -2.43. The zero-order valence-electron chi connectivity index (χ0n) is 11.3. The van der Waals surface area contributed by atoms with Crippen LogP contribution in [-0.4, -0.2) is 11.7 Å². The monoisotopic (exact) mass is 277 g/mol. The first-order valence-corrected chi connectivity index (χ1v) is 6.51. The number of rotatable bonds is 3. The van der Waals surface area contributed by atoms with Gasteiger partial charge in [-0.05, 0) is 11.6 Å². The molecule has 2 aromatic rings. The van der Waals surface area contributed by atoms with Gasteiger partial charge in [0.1, 0.15) is 11.7 Å². The molecule has 0 amide bonds. The molecule has 104 valence electrons. The molecular weight excluding hydrogens is 262 g/mol. The summed E-state index contributed by atoms with van der Waals surface area (Å²) in [5.74, 6) is -0.266. The lowest BCUT2D eigenvalue weighted by atomic mass is 9.81. The highest BCUT2D eigenvalue weighted by Crippen LogP contribution is 2.35. The average molecular weight is 277 g/mol. The normalized spacial score (nSPS) is 19.7. The van der Waals surface area contributed by atoms with Gasteiger partial charge < -0.3 is 11.5 Å². The van der Waals surface area contributed by atoms with E-state index in [2.05, 4.69) is 4.99 Å². The lowest BCUT2D eigenvalue weighted by molar-refractivity contribution is 0.769. The molecule has 1 aliphatic rings. The number of hydrogen-bond donors (Lipinski definition) is 4. The Bertz CT molecular complexity index is 854. The van der Waals surface area contributed by atoms with Gasteiger partial charge in [0.05, 0.1) is 5.36 Å². The fourth-order valence-electron chi connectivity index (χ4n) is 2.79. The lowest BCUT2D eigenvalue weighted by Gasteiger charge is -2.28. The Labute approximate surface area is 121 Å². The molecule has 0 spiro atoms. The number of para-hydroxylation sites is 1. The Morgan fingerprint density at radius 1 is 0.905 bits per heavy atom. The van der Waals surface area contributed by atoms with Gasteiger partial charge in [-0.15, -0.1) is 0 Å². The van der Waals surface area contributed by atoms with Crippen molar-refractivity contribution < 1.29 is 0 Å². The van der Waals surface area contributed by atoms with Crippen molar-refractivity contribution in [2.45, 2.75) is 5.54 Å². The quantitative estimate of drug-likeness (QED) is 0.476. The minimum Gasteiger partial charge on any atom is -0.385 e. The average Bonchev–Trinajstić information content (AvgIpc) is 2.84. The molecule has 6 N–H and O–H groups in total. The fraction of sp³-hybridized carbons (Fsp3) is 0.0625. The van der Waals surface area contributed by atoms with Crippen LogP contribution in [0.25, 0.3) is 5.57 Å². The number of benzene rings is 2. The second-order valence-electron chi connectivity index (χ2n) is 4.91. The third-order valence-corrected chi connectivity index (χ3v) is 3.67. The van der Waals surface area contributed by atoms with Crippen molar-refractivity contribution in [3.05, 3.63) is 70.7 Å². The molecule has 5 nitrogen and oxygen atoms in total. The third kappa shape index (κ3) is 1.74. The van der Waals surface area contributed by atoms with E-state index in [0.717, 1.165) is 10.8 Å². The summed E-state index contributed by atoms with van der Waals surface area (Å²) in [6, 6.07) is 16.7. The van der Waals surface area contributed by atoms with Crippen molar-refractivity contribution in [3.8, 4) is 0 Å². The summed E-state index contributed by atoms with van der Waals surface area (Å²) >= 11 is 0. The summed E-state index contributed by atoms with van der Waals surface area (Å²) < 4.78 is 0.